The van der Waals surface area contributed by atoms with Gasteiger partial charge in [0.15, 0.2) is 0 Å². The summed E-state index contributed by atoms with van der Waals surface area (Å²) in [5.74, 6) is 0. The monoisotopic (exact) mass is 295 g/mol. The van der Waals surface area contributed by atoms with Gasteiger partial charge in [-0.05, 0) is 30.7 Å². The van der Waals surface area contributed by atoms with Gasteiger partial charge in [-0.15, -0.1) is 10.2 Å². The zero-order valence-electron chi connectivity index (χ0n) is 11.2. The Morgan fingerprint density at radius 1 is 1.32 bits per heavy atom. The lowest BCUT2D eigenvalue weighted by Gasteiger charge is -2.10. The van der Waals surface area contributed by atoms with E-state index in [1.54, 1.807) is 11.3 Å². The zero-order valence-corrected chi connectivity index (χ0v) is 12.8. The Balaban J connectivity index is 2.08. The summed E-state index contributed by atoms with van der Waals surface area (Å²) in [5, 5.41) is 14.9. The molecule has 1 N–H and O–H groups in total. The summed E-state index contributed by atoms with van der Waals surface area (Å²) >= 11 is 7.67. The molecular weight excluding hydrogens is 278 g/mol. The van der Waals surface area contributed by atoms with Crippen molar-refractivity contribution in [3.63, 3.8) is 0 Å². The fraction of sp³-hybridized carbons (Fsp3) is 0.429. The number of nitrogens with zero attached hydrogens (tertiary/aromatic N) is 2. The van der Waals surface area contributed by atoms with Crippen LogP contribution in [0.1, 0.15) is 41.9 Å². The van der Waals surface area contributed by atoms with Crippen LogP contribution in [-0.4, -0.2) is 16.7 Å². The van der Waals surface area contributed by atoms with E-state index >= 15 is 0 Å². The van der Waals surface area contributed by atoms with E-state index in [0.717, 1.165) is 34.4 Å². The molecule has 0 radical (unpaired) electrons. The fourth-order valence-corrected chi connectivity index (χ4v) is 3.20. The van der Waals surface area contributed by atoms with Crippen molar-refractivity contribution < 1.29 is 0 Å². The highest BCUT2D eigenvalue weighted by Gasteiger charge is 2.14. The van der Waals surface area contributed by atoms with Gasteiger partial charge in [0.1, 0.15) is 10.0 Å². The summed E-state index contributed by atoms with van der Waals surface area (Å²) in [5.41, 5.74) is 1.17. The van der Waals surface area contributed by atoms with Crippen molar-refractivity contribution in [2.24, 2.45) is 0 Å². The van der Waals surface area contributed by atoms with Gasteiger partial charge in [0, 0.05) is 11.4 Å². The highest BCUT2D eigenvalue weighted by Crippen LogP contribution is 2.23. The van der Waals surface area contributed by atoms with Gasteiger partial charge in [-0.25, -0.2) is 0 Å². The van der Waals surface area contributed by atoms with Gasteiger partial charge < -0.3 is 5.32 Å². The van der Waals surface area contributed by atoms with Crippen LogP contribution in [0.5, 0.6) is 0 Å². The molecule has 2 rings (SSSR count). The van der Waals surface area contributed by atoms with Gasteiger partial charge in [-0.2, -0.15) is 0 Å². The summed E-state index contributed by atoms with van der Waals surface area (Å²) in [4.78, 5) is 0. The Morgan fingerprint density at radius 2 is 2.16 bits per heavy atom. The number of rotatable bonds is 6. The lowest BCUT2D eigenvalue weighted by Crippen LogP contribution is -2.19. The maximum atomic E-state index is 5.99. The van der Waals surface area contributed by atoms with Crippen LogP contribution in [0.4, 0.5) is 0 Å². The molecule has 0 saturated carbocycles. The van der Waals surface area contributed by atoms with Crippen LogP contribution in [0, 0.1) is 0 Å². The molecule has 0 amide bonds. The van der Waals surface area contributed by atoms with Crippen molar-refractivity contribution >= 4 is 22.9 Å². The number of nitrogens with one attached hydrogen (secondary N) is 1. The van der Waals surface area contributed by atoms with Gasteiger partial charge in [-0.3, -0.25) is 0 Å². The molecule has 1 aromatic carbocycles. The predicted octanol–water partition coefficient (Wildman–Crippen LogP) is 3.84. The molecule has 0 bridgehead atoms. The maximum Gasteiger partial charge on any atom is 0.134 e. The van der Waals surface area contributed by atoms with Crippen molar-refractivity contribution in [1.29, 1.82) is 0 Å². The van der Waals surface area contributed by atoms with E-state index in [9.17, 15) is 0 Å². The van der Waals surface area contributed by atoms with E-state index in [-0.39, 0.29) is 0 Å². The van der Waals surface area contributed by atoms with Crippen molar-refractivity contribution in [3.05, 3.63) is 44.9 Å². The molecule has 2 aromatic rings. The third-order valence-electron chi connectivity index (χ3n) is 2.88. The number of hydrogen-bond acceptors (Lipinski definition) is 4. The van der Waals surface area contributed by atoms with Crippen molar-refractivity contribution in [1.82, 2.24) is 15.5 Å². The minimum Gasteiger partial charge on any atom is -0.308 e. The minimum atomic E-state index is 0.315. The molecule has 3 nitrogen and oxygen atoms in total. The molecular formula is C14H18ClN3S. The minimum absolute atomic E-state index is 0.315. The van der Waals surface area contributed by atoms with Crippen LogP contribution >= 0.6 is 22.9 Å². The standard InChI is InChI=1S/C14H18ClN3S/c1-3-12(16-4-2)14-18-17-13(19-14)9-10-6-5-7-11(15)8-10/h5-8,12,16H,3-4,9H2,1-2H3. The van der Waals surface area contributed by atoms with Crippen molar-refractivity contribution in [2.75, 3.05) is 6.54 Å². The maximum absolute atomic E-state index is 5.99. The van der Waals surface area contributed by atoms with E-state index in [2.05, 4.69) is 35.4 Å². The smallest absolute Gasteiger partial charge is 0.134 e. The summed E-state index contributed by atoms with van der Waals surface area (Å²) in [6.07, 6.45) is 1.82. The van der Waals surface area contributed by atoms with E-state index in [0.29, 0.717) is 6.04 Å². The highest BCUT2D eigenvalue weighted by atomic mass is 35.5. The van der Waals surface area contributed by atoms with Crippen molar-refractivity contribution in [3.8, 4) is 0 Å². The van der Waals surface area contributed by atoms with Gasteiger partial charge in [0.2, 0.25) is 0 Å². The topological polar surface area (TPSA) is 37.8 Å². The van der Waals surface area contributed by atoms with E-state index in [1.807, 2.05) is 18.2 Å². The third-order valence-corrected chi connectivity index (χ3v) is 4.16. The summed E-state index contributed by atoms with van der Waals surface area (Å²) < 4.78 is 0. The summed E-state index contributed by atoms with van der Waals surface area (Å²) in [6, 6.07) is 8.21. The average Bonchev–Trinajstić information content (AvgIpc) is 2.84. The largest absolute Gasteiger partial charge is 0.308 e. The normalized spacial score (nSPS) is 12.6. The molecule has 0 spiro atoms. The zero-order chi connectivity index (χ0) is 13.7. The van der Waals surface area contributed by atoms with Crippen LogP contribution < -0.4 is 5.32 Å². The second-order valence-corrected chi connectivity index (χ2v) is 5.89. The average molecular weight is 296 g/mol. The Bertz CT molecular complexity index is 527. The first-order valence-electron chi connectivity index (χ1n) is 6.53. The number of benzene rings is 1. The van der Waals surface area contributed by atoms with Gasteiger partial charge in [-0.1, -0.05) is 48.9 Å². The first kappa shape index (κ1) is 14.4. The molecule has 1 unspecified atom stereocenters. The fourth-order valence-electron chi connectivity index (χ4n) is 1.95. The second-order valence-electron chi connectivity index (χ2n) is 4.36. The Labute approximate surface area is 123 Å². The van der Waals surface area contributed by atoms with Crippen LogP contribution in [0.3, 0.4) is 0 Å². The quantitative estimate of drug-likeness (QED) is 0.880. The molecule has 0 fully saturated rings. The molecule has 1 aromatic heterocycles. The molecule has 5 heteroatoms. The SMILES string of the molecule is CCNC(CC)c1nnc(Cc2cccc(Cl)c2)s1. The number of halogens is 1. The van der Waals surface area contributed by atoms with Crippen LogP contribution in [-0.2, 0) is 6.42 Å². The van der Waals surface area contributed by atoms with Crippen LogP contribution in [0.15, 0.2) is 24.3 Å². The second kappa shape index (κ2) is 6.98. The van der Waals surface area contributed by atoms with E-state index in [1.165, 1.54) is 5.56 Å². The summed E-state index contributed by atoms with van der Waals surface area (Å²) in [6.45, 7) is 5.21. The molecule has 0 aliphatic heterocycles. The molecule has 1 atom stereocenters. The Hall–Kier alpha value is -0.970. The Morgan fingerprint density at radius 3 is 2.84 bits per heavy atom. The van der Waals surface area contributed by atoms with Gasteiger partial charge in [0.05, 0.1) is 6.04 Å². The third kappa shape index (κ3) is 4.00. The lowest BCUT2D eigenvalue weighted by molar-refractivity contribution is 0.531. The Kier molecular flexibility index (Phi) is 5.31. The molecule has 102 valence electrons. The van der Waals surface area contributed by atoms with Gasteiger partial charge in [0.25, 0.3) is 0 Å². The van der Waals surface area contributed by atoms with Crippen LogP contribution in [0.25, 0.3) is 0 Å². The number of hydrogen-bond donors (Lipinski definition) is 1. The predicted molar refractivity (Wildman–Crippen MR) is 80.9 cm³/mol. The molecule has 0 saturated heterocycles. The first-order valence-corrected chi connectivity index (χ1v) is 7.72. The van der Waals surface area contributed by atoms with Gasteiger partial charge >= 0.3 is 0 Å². The van der Waals surface area contributed by atoms with E-state index in [4.69, 9.17) is 11.6 Å². The van der Waals surface area contributed by atoms with Crippen molar-refractivity contribution in [2.45, 2.75) is 32.7 Å². The molecule has 0 aliphatic rings. The summed E-state index contributed by atoms with van der Waals surface area (Å²) in [7, 11) is 0. The molecule has 1 heterocycles. The highest BCUT2D eigenvalue weighted by molar-refractivity contribution is 7.11. The van der Waals surface area contributed by atoms with Crippen LogP contribution in [0.2, 0.25) is 5.02 Å². The molecule has 0 aliphatic carbocycles. The van der Waals surface area contributed by atoms with E-state index < -0.39 is 0 Å². The lowest BCUT2D eigenvalue weighted by atomic mass is 10.2. The molecule has 19 heavy (non-hydrogen) atoms. The number of aromatic nitrogens is 2. The first-order chi connectivity index (χ1) is 9.22.